The van der Waals surface area contributed by atoms with Crippen LogP contribution in [0.4, 0.5) is 0 Å². The van der Waals surface area contributed by atoms with Crippen LogP contribution in [0, 0.1) is 0 Å². The molecule has 0 saturated heterocycles. The number of hydrogen-bond donors (Lipinski definition) is 1. The summed E-state index contributed by atoms with van der Waals surface area (Å²) < 4.78 is 11.3. The average Bonchev–Trinajstić information content (AvgIpc) is 2.37. The Balaban J connectivity index is 2.10. The zero-order valence-electron chi connectivity index (χ0n) is 12.0. The average molecular weight is 273 g/mol. The highest BCUT2D eigenvalue weighted by atomic mass is 16.5. The van der Waals surface area contributed by atoms with E-state index in [4.69, 9.17) is 9.47 Å². The number of allylic oxidation sites excluding steroid dienone is 1. The summed E-state index contributed by atoms with van der Waals surface area (Å²) in [4.78, 5) is 12.3. The summed E-state index contributed by atoms with van der Waals surface area (Å²) in [6.45, 7) is 6.14. The summed E-state index contributed by atoms with van der Waals surface area (Å²) >= 11 is 0. The van der Waals surface area contributed by atoms with Gasteiger partial charge in [0.05, 0.1) is 12.2 Å². The maximum absolute atomic E-state index is 12.3. The topological polar surface area (TPSA) is 47.6 Å². The Morgan fingerprint density at radius 1 is 1.50 bits per heavy atom. The fourth-order valence-corrected chi connectivity index (χ4v) is 3.21. The van der Waals surface area contributed by atoms with Crippen LogP contribution in [0.15, 0.2) is 35.5 Å². The highest BCUT2D eigenvalue weighted by Crippen LogP contribution is 2.47. The molecule has 106 valence electrons. The first-order valence-corrected chi connectivity index (χ1v) is 6.98. The van der Waals surface area contributed by atoms with E-state index in [1.165, 1.54) is 0 Å². The van der Waals surface area contributed by atoms with Crippen LogP contribution in [0.1, 0.15) is 38.7 Å². The number of ether oxygens (including phenoxy) is 2. The van der Waals surface area contributed by atoms with Gasteiger partial charge in [-0.3, -0.25) is 0 Å². The summed E-state index contributed by atoms with van der Waals surface area (Å²) in [5.41, 5.74) is 2.17. The fourth-order valence-electron chi connectivity index (χ4n) is 3.21. The van der Waals surface area contributed by atoms with Crippen LogP contribution < -0.4 is 10.1 Å². The summed E-state index contributed by atoms with van der Waals surface area (Å²) in [5.74, 6) is 0.638. The first kappa shape index (κ1) is 13.0. The molecular weight excluding hydrogens is 254 g/mol. The lowest BCUT2D eigenvalue weighted by atomic mass is 9.78. The molecule has 2 aliphatic rings. The number of rotatable bonds is 2. The molecule has 20 heavy (non-hydrogen) atoms. The highest BCUT2D eigenvalue weighted by Gasteiger charge is 2.45. The van der Waals surface area contributed by atoms with Crippen LogP contribution in [-0.2, 0) is 9.53 Å². The second-order valence-electron chi connectivity index (χ2n) is 5.51. The second kappa shape index (κ2) is 4.54. The minimum absolute atomic E-state index is 0.0326. The standard InChI is InChI=1S/C16H19NO3/c1-4-19-15(18)14-10(2)17-16(3)9-12(14)11-7-5-6-8-13(11)20-16/h5-8,12,17H,4,9H2,1-3H3/t12-,16+/m0/s1. The van der Waals surface area contributed by atoms with E-state index in [0.717, 1.165) is 29.0 Å². The molecule has 4 nitrogen and oxygen atoms in total. The van der Waals surface area contributed by atoms with E-state index in [-0.39, 0.29) is 11.9 Å². The molecule has 4 heteroatoms. The van der Waals surface area contributed by atoms with Crippen molar-refractivity contribution < 1.29 is 14.3 Å². The van der Waals surface area contributed by atoms with Crippen molar-refractivity contribution in [2.24, 2.45) is 0 Å². The molecule has 1 aromatic rings. The lowest BCUT2D eigenvalue weighted by molar-refractivity contribution is -0.139. The Hall–Kier alpha value is -1.97. The van der Waals surface area contributed by atoms with Gasteiger partial charge >= 0.3 is 5.97 Å². The zero-order chi connectivity index (χ0) is 14.3. The van der Waals surface area contributed by atoms with Gasteiger partial charge in [0.25, 0.3) is 0 Å². The van der Waals surface area contributed by atoms with Crippen LogP contribution in [0.25, 0.3) is 0 Å². The van der Waals surface area contributed by atoms with Gasteiger partial charge in [-0.25, -0.2) is 4.79 Å². The minimum Gasteiger partial charge on any atom is -0.468 e. The molecular formula is C16H19NO3. The quantitative estimate of drug-likeness (QED) is 0.842. The van der Waals surface area contributed by atoms with E-state index in [1.54, 1.807) is 0 Å². The third kappa shape index (κ3) is 1.96. The molecule has 0 aromatic heterocycles. The van der Waals surface area contributed by atoms with Crippen molar-refractivity contribution in [1.29, 1.82) is 0 Å². The third-order valence-corrected chi connectivity index (χ3v) is 3.92. The molecule has 2 heterocycles. The lowest BCUT2D eigenvalue weighted by Gasteiger charge is -2.45. The van der Waals surface area contributed by atoms with Crippen molar-refractivity contribution in [1.82, 2.24) is 5.32 Å². The maximum Gasteiger partial charge on any atom is 0.336 e. The van der Waals surface area contributed by atoms with Gasteiger partial charge in [0.15, 0.2) is 5.72 Å². The maximum atomic E-state index is 12.3. The van der Waals surface area contributed by atoms with Gasteiger partial charge in [-0.05, 0) is 26.8 Å². The number of benzene rings is 1. The van der Waals surface area contributed by atoms with E-state index >= 15 is 0 Å². The number of carbonyl (C=O) groups is 1. The monoisotopic (exact) mass is 273 g/mol. The lowest BCUT2D eigenvalue weighted by Crippen LogP contribution is -2.54. The van der Waals surface area contributed by atoms with Crippen LogP contribution in [0.5, 0.6) is 5.75 Å². The number of nitrogens with one attached hydrogen (secondary N) is 1. The van der Waals surface area contributed by atoms with Gasteiger partial charge in [-0.1, -0.05) is 18.2 Å². The first-order valence-electron chi connectivity index (χ1n) is 6.98. The molecule has 0 unspecified atom stereocenters. The van der Waals surface area contributed by atoms with Crippen molar-refractivity contribution in [3.8, 4) is 5.75 Å². The number of fused-ring (bicyclic) bond motifs is 4. The van der Waals surface area contributed by atoms with E-state index < -0.39 is 5.72 Å². The molecule has 1 N–H and O–H groups in total. The summed E-state index contributed by atoms with van der Waals surface area (Å²) in [7, 11) is 0. The van der Waals surface area contributed by atoms with Gasteiger partial charge < -0.3 is 14.8 Å². The first-order chi connectivity index (χ1) is 9.54. The van der Waals surface area contributed by atoms with E-state index in [0.29, 0.717) is 6.61 Å². The van der Waals surface area contributed by atoms with Crippen molar-refractivity contribution in [3.63, 3.8) is 0 Å². The van der Waals surface area contributed by atoms with Crippen molar-refractivity contribution in [3.05, 3.63) is 41.1 Å². The van der Waals surface area contributed by atoms with Gasteiger partial charge in [0.2, 0.25) is 0 Å². The highest BCUT2D eigenvalue weighted by molar-refractivity contribution is 5.91. The number of para-hydroxylation sites is 1. The largest absolute Gasteiger partial charge is 0.468 e. The van der Waals surface area contributed by atoms with Gasteiger partial charge in [0.1, 0.15) is 5.75 Å². The van der Waals surface area contributed by atoms with E-state index in [9.17, 15) is 4.79 Å². The predicted molar refractivity (Wildman–Crippen MR) is 75.3 cm³/mol. The molecule has 0 amide bonds. The number of esters is 1. The number of carbonyl (C=O) groups excluding carboxylic acids is 1. The third-order valence-electron chi connectivity index (χ3n) is 3.92. The molecule has 1 aromatic carbocycles. The van der Waals surface area contributed by atoms with Crippen molar-refractivity contribution in [2.45, 2.75) is 38.8 Å². The Morgan fingerprint density at radius 3 is 3.00 bits per heavy atom. The summed E-state index contributed by atoms with van der Waals surface area (Å²) in [6, 6.07) is 7.90. The van der Waals surface area contributed by atoms with Gasteiger partial charge in [0, 0.05) is 23.6 Å². The molecule has 0 radical (unpaired) electrons. The van der Waals surface area contributed by atoms with Crippen LogP contribution in [0.3, 0.4) is 0 Å². The summed E-state index contributed by atoms with van der Waals surface area (Å²) in [6.07, 6.45) is 0.732. The van der Waals surface area contributed by atoms with Crippen LogP contribution in [-0.4, -0.2) is 18.3 Å². The molecule has 0 aliphatic carbocycles. The molecule has 3 rings (SSSR count). The molecule has 2 bridgehead atoms. The van der Waals surface area contributed by atoms with Crippen molar-refractivity contribution >= 4 is 5.97 Å². The normalized spacial score (nSPS) is 27.2. The molecule has 0 spiro atoms. The smallest absolute Gasteiger partial charge is 0.336 e. The molecule has 0 fully saturated rings. The second-order valence-corrected chi connectivity index (χ2v) is 5.51. The molecule has 2 aliphatic heterocycles. The SMILES string of the molecule is CCOC(=O)C1=C(C)N[C@@]2(C)C[C@H]1c1ccccc1O2. The summed E-state index contributed by atoms with van der Waals surface area (Å²) in [5, 5.41) is 3.31. The zero-order valence-corrected chi connectivity index (χ0v) is 12.0. The van der Waals surface area contributed by atoms with Crippen molar-refractivity contribution in [2.75, 3.05) is 6.61 Å². The minimum atomic E-state index is -0.459. The molecule has 2 atom stereocenters. The van der Waals surface area contributed by atoms with Gasteiger partial charge in [-0.2, -0.15) is 0 Å². The Kier molecular flexibility index (Phi) is 2.96. The Morgan fingerprint density at radius 2 is 2.25 bits per heavy atom. The Bertz CT molecular complexity index is 593. The fraction of sp³-hybridized carbons (Fsp3) is 0.438. The van der Waals surface area contributed by atoms with E-state index in [1.807, 2.05) is 45.0 Å². The van der Waals surface area contributed by atoms with Crippen LogP contribution >= 0.6 is 0 Å². The number of hydrogen-bond acceptors (Lipinski definition) is 4. The van der Waals surface area contributed by atoms with E-state index in [2.05, 4.69) is 5.32 Å². The van der Waals surface area contributed by atoms with Crippen LogP contribution in [0.2, 0.25) is 0 Å². The Labute approximate surface area is 118 Å². The van der Waals surface area contributed by atoms with Gasteiger partial charge in [-0.15, -0.1) is 0 Å². The molecule has 0 saturated carbocycles. The predicted octanol–water partition coefficient (Wildman–Crippen LogP) is 2.71.